The molecule has 3 aromatic rings. The molecule has 0 saturated heterocycles. The summed E-state index contributed by atoms with van der Waals surface area (Å²) in [7, 11) is 1.54. The maximum Gasteiger partial charge on any atom is 0.294 e. The van der Waals surface area contributed by atoms with Crippen LogP contribution in [0.1, 0.15) is 42.5 Å². The van der Waals surface area contributed by atoms with E-state index < -0.39 is 17.7 Å². The van der Waals surface area contributed by atoms with Gasteiger partial charge in [0.2, 0.25) is 0 Å². The third-order valence-electron chi connectivity index (χ3n) is 6.80. The van der Waals surface area contributed by atoms with E-state index in [1.54, 1.807) is 35.2 Å². The Balaban J connectivity index is 1.54. The largest absolute Gasteiger partial charge is 0.503 e. The predicted octanol–water partition coefficient (Wildman–Crippen LogP) is 5.34. The molecular formula is C27H26N2O5. The molecule has 5 rings (SSSR count). The third-order valence-corrected chi connectivity index (χ3v) is 6.80. The van der Waals surface area contributed by atoms with Crippen molar-refractivity contribution in [3.63, 3.8) is 0 Å². The molecule has 1 atom stereocenters. The van der Waals surface area contributed by atoms with E-state index in [9.17, 15) is 14.7 Å². The standard InChI is InChI=1S/C27H26N2O5/c1-33-21-9-5-8-19(16-21)25(30)23-24(18-6-3-2-4-7-18)29(27(32)26(23)31)20-12-10-17(11-13-20)22-14-15-34-28-22/h5,8-16,18,24,31H,2-4,6-7H2,1H3. The number of amides is 1. The van der Waals surface area contributed by atoms with Gasteiger partial charge in [0.15, 0.2) is 11.5 Å². The number of carbonyl (C=O) groups excluding carboxylic acids is 2. The van der Waals surface area contributed by atoms with Gasteiger partial charge < -0.3 is 14.4 Å². The fourth-order valence-electron chi connectivity index (χ4n) is 5.11. The lowest BCUT2D eigenvalue weighted by molar-refractivity contribution is -0.117. The van der Waals surface area contributed by atoms with Crippen LogP contribution in [0.4, 0.5) is 5.69 Å². The molecular weight excluding hydrogens is 432 g/mol. The highest BCUT2D eigenvalue weighted by Crippen LogP contribution is 2.41. The van der Waals surface area contributed by atoms with Gasteiger partial charge in [0.05, 0.1) is 18.7 Å². The Kier molecular flexibility index (Phi) is 5.92. The highest BCUT2D eigenvalue weighted by Gasteiger charge is 2.47. The maximum atomic E-state index is 13.6. The van der Waals surface area contributed by atoms with Crippen LogP contribution in [0.25, 0.3) is 11.3 Å². The Labute approximate surface area is 197 Å². The average molecular weight is 459 g/mol. The fraction of sp³-hybridized carbons (Fsp3) is 0.296. The topological polar surface area (TPSA) is 92.9 Å². The Bertz CT molecular complexity index is 1220. The molecule has 1 N–H and O–H groups in total. The normalized spacial score (nSPS) is 19.0. The van der Waals surface area contributed by atoms with Crippen molar-refractivity contribution in [2.75, 3.05) is 12.0 Å². The molecule has 2 aliphatic rings. The number of rotatable bonds is 6. The zero-order valence-corrected chi connectivity index (χ0v) is 18.9. The molecule has 174 valence electrons. The summed E-state index contributed by atoms with van der Waals surface area (Å²) in [6.07, 6.45) is 6.51. The highest BCUT2D eigenvalue weighted by molar-refractivity contribution is 6.21. The number of ketones is 1. The van der Waals surface area contributed by atoms with Crippen molar-refractivity contribution < 1.29 is 24.0 Å². The van der Waals surface area contributed by atoms with Crippen molar-refractivity contribution in [1.82, 2.24) is 5.16 Å². The van der Waals surface area contributed by atoms with Crippen LogP contribution >= 0.6 is 0 Å². The second-order valence-electron chi connectivity index (χ2n) is 8.77. The molecule has 1 aliphatic carbocycles. The van der Waals surface area contributed by atoms with Crippen molar-refractivity contribution in [3.05, 3.63) is 77.8 Å². The van der Waals surface area contributed by atoms with Crippen LogP contribution in [-0.4, -0.2) is 35.1 Å². The summed E-state index contributed by atoms with van der Waals surface area (Å²) < 4.78 is 10.2. The second-order valence-corrected chi connectivity index (χ2v) is 8.77. The lowest BCUT2D eigenvalue weighted by Gasteiger charge is -2.35. The summed E-state index contributed by atoms with van der Waals surface area (Å²) in [6.45, 7) is 0. The molecule has 1 fully saturated rings. The van der Waals surface area contributed by atoms with Crippen molar-refractivity contribution >= 4 is 17.4 Å². The van der Waals surface area contributed by atoms with Crippen molar-refractivity contribution in [2.24, 2.45) is 5.92 Å². The molecule has 1 aliphatic heterocycles. The van der Waals surface area contributed by atoms with E-state index in [2.05, 4.69) is 5.16 Å². The molecule has 7 heteroatoms. The van der Waals surface area contributed by atoms with E-state index in [1.807, 2.05) is 24.3 Å². The van der Waals surface area contributed by atoms with Gasteiger partial charge in [-0.15, -0.1) is 0 Å². The number of benzene rings is 2. The number of Topliss-reactive ketones (excluding diaryl/α,β-unsaturated/α-hetero) is 1. The number of hydrogen-bond donors (Lipinski definition) is 1. The monoisotopic (exact) mass is 458 g/mol. The fourth-order valence-corrected chi connectivity index (χ4v) is 5.11. The molecule has 0 bridgehead atoms. The maximum absolute atomic E-state index is 13.6. The number of methoxy groups -OCH3 is 1. The van der Waals surface area contributed by atoms with Crippen LogP contribution in [-0.2, 0) is 4.79 Å². The summed E-state index contributed by atoms with van der Waals surface area (Å²) in [6, 6.07) is 15.4. The predicted molar refractivity (Wildman–Crippen MR) is 127 cm³/mol. The van der Waals surface area contributed by atoms with Gasteiger partial charge in [-0.2, -0.15) is 0 Å². The molecule has 0 spiro atoms. The Hall–Kier alpha value is -3.87. The molecule has 2 heterocycles. The number of anilines is 1. The minimum absolute atomic E-state index is 0.0853. The lowest BCUT2D eigenvalue weighted by atomic mass is 9.79. The number of nitrogens with zero attached hydrogens (tertiary/aromatic N) is 2. The van der Waals surface area contributed by atoms with Crippen LogP contribution < -0.4 is 9.64 Å². The van der Waals surface area contributed by atoms with Gasteiger partial charge in [0.25, 0.3) is 5.91 Å². The summed E-state index contributed by atoms with van der Waals surface area (Å²) in [5.74, 6) is -0.728. The molecule has 34 heavy (non-hydrogen) atoms. The van der Waals surface area contributed by atoms with E-state index in [-0.39, 0.29) is 17.3 Å². The minimum atomic E-state index is -0.545. The molecule has 1 amide bonds. The number of aliphatic hydroxyl groups is 1. The Morgan fingerprint density at radius 3 is 2.53 bits per heavy atom. The van der Waals surface area contributed by atoms with Gasteiger partial charge in [0, 0.05) is 22.9 Å². The Morgan fingerprint density at radius 2 is 1.85 bits per heavy atom. The van der Waals surface area contributed by atoms with Crippen molar-refractivity contribution in [3.8, 4) is 17.0 Å². The SMILES string of the molecule is COc1cccc(C(=O)C2=C(O)C(=O)N(c3ccc(-c4ccon4)cc3)C2C2CCCCC2)c1. The number of aromatic nitrogens is 1. The van der Waals surface area contributed by atoms with Crippen LogP contribution in [0.5, 0.6) is 5.75 Å². The molecule has 0 radical (unpaired) electrons. The first kappa shape index (κ1) is 21.9. The van der Waals surface area contributed by atoms with Crippen molar-refractivity contribution in [1.29, 1.82) is 0 Å². The Morgan fingerprint density at radius 1 is 1.09 bits per heavy atom. The number of ether oxygens (including phenoxy) is 1. The van der Waals surface area contributed by atoms with Crippen LogP contribution in [0.15, 0.2) is 76.7 Å². The first-order valence-corrected chi connectivity index (χ1v) is 11.5. The first-order chi connectivity index (χ1) is 16.6. The lowest BCUT2D eigenvalue weighted by Crippen LogP contribution is -2.42. The smallest absolute Gasteiger partial charge is 0.294 e. The molecule has 1 unspecified atom stereocenters. The quantitative estimate of drug-likeness (QED) is 0.501. The first-order valence-electron chi connectivity index (χ1n) is 11.5. The summed E-state index contributed by atoms with van der Waals surface area (Å²) in [5.41, 5.74) is 2.73. The average Bonchev–Trinajstić information content (AvgIpc) is 3.52. The van der Waals surface area contributed by atoms with E-state index in [1.165, 1.54) is 13.4 Å². The molecule has 1 saturated carbocycles. The second kappa shape index (κ2) is 9.17. The van der Waals surface area contributed by atoms with Gasteiger partial charge in [-0.05, 0) is 43.0 Å². The summed E-state index contributed by atoms with van der Waals surface area (Å²) in [4.78, 5) is 28.6. The molecule has 1 aromatic heterocycles. The molecule has 2 aromatic carbocycles. The van der Waals surface area contributed by atoms with Crippen LogP contribution in [0, 0.1) is 5.92 Å². The third kappa shape index (κ3) is 3.87. The van der Waals surface area contributed by atoms with Gasteiger partial charge in [-0.1, -0.05) is 48.7 Å². The molecule has 7 nitrogen and oxygen atoms in total. The summed E-state index contributed by atoms with van der Waals surface area (Å²) in [5, 5.41) is 14.9. The summed E-state index contributed by atoms with van der Waals surface area (Å²) >= 11 is 0. The number of aliphatic hydroxyl groups excluding tert-OH is 1. The van der Waals surface area contributed by atoms with Gasteiger partial charge in [-0.25, -0.2) is 0 Å². The van der Waals surface area contributed by atoms with Crippen LogP contribution in [0.2, 0.25) is 0 Å². The zero-order chi connectivity index (χ0) is 23.7. The highest BCUT2D eigenvalue weighted by atomic mass is 16.5. The minimum Gasteiger partial charge on any atom is -0.503 e. The van der Waals surface area contributed by atoms with E-state index in [0.29, 0.717) is 22.7 Å². The zero-order valence-electron chi connectivity index (χ0n) is 18.9. The van der Waals surface area contributed by atoms with E-state index >= 15 is 0 Å². The number of carbonyl (C=O) groups is 2. The van der Waals surface area contributed by atoms with Crippen molar-refractivity contribution in [2.45, 2.75) is 38.1 Å². The number of hydrogen-bond acceptors (Lipinski definition) is 6. The van der Waals surface area contributed by atoms with E-state index in [0.717, 1.165) is 37.7 Å². The van der Waals surface area contributed by atoms with Gasteiger partial charge in [0.1, 0.15) is 17.7 Å². The van der Waals surface area contributed by atoms with Crippen LogP contribution in [0.3, 0.4) is 0 Å². The van der Waals surface area contributed by atoms with Gasteiger partial charge >= 0.3 is 0 Å². The van der Waals surface area contributed by atoms with Gasteiger partial charge in [-0.3, -0.25) is 14.5 Å². The van der Waals surface area contributed by atoms with E-state index in [4.69, 9.17) is 9.26 Å².